The van der Waals surface area contributed by atoms with E-state index in [1.54, 1.807) is 43.5 Å². The maximum absolute atomic E-state index is 12.0. The quantitative estimate of drug-likeness (QED) is 0.889. The largest absolute Gasteiger partial charge is 0.326 e. The summed E-state index contributed by atoms with van der Waals surface area (Å²) in [5.74, 6) is -0.326. The molecule has 0 radical (unpaired) electrons. The van der Waals surface area contributed by atoms with Gasteiger partial charge in [0.15, 0.2) is 0 Å². The Labute approximate surface area is 133 Å². The molecule has 1 aromatic heterocycles. The molecule has 114 valence electrons. The number of anilines is 2. The Balaban J connectivity index is 2.06. The molecule has 0 saturated carbocycles. The van der Waals surface area contributed by atoms with Crippen LogP contribution in [0.15, 0.2) is 42.6 Å². The summed E-state index contributed by atoms with van der Waals surface area (Å²) in [5, 5.41) is 5.86. The molecule has 0 spiro atoms. The first-order valence-corrected chi connectivity index (χ1v) is 7.25. The number of carbonyl (C=O) groups excluding carboxylic acids is 2. The van der Waals surface area contributed by atoms with E-state index < -0.39 is 0 Å². The minimum Gasteiger partial charge on any atom is -0.326 e. The number of hydrogen-bond acceptors (Lipinski definition) is 3. The van der Waals surface area contributed by atoms with Crippen LogP contribution in [-0.2, 0) is 16.0 Å². The van der Waals surface area contributed by atoms with E-state index in [1.807, 2.05) is 6.07 Å². The van der Waals surface area contributed by atoms with Crippen LogP contribution in [0, 0.1) is 0 Å². The van der Waals surface area contributed by atoms with Gasteiger partial charge in [-0.15, -0.1) is 0 Å². The summed E-state index contributed by atoms with van der Waals surface area (Å²) in [5.41, 5.74) is 1.72. The lowest BCUT2D eigenvalue weighted by atomic mass is 10.2. The molecule has 0 saturated heterocycles. The number of carbonyl (C=O) groups is 2. The Kier molecular flexibility index (Phi) is 5.49. The second-order valence-electron chi connectivity index (χ2n) is 4.64. The predicted octanol–water partition coefficient (Wildman–Crippen LogP) is 3.26. The van der Waals surface area contributed by atoms with Crippen molar-refractivity contribution in [2.75, 3.05) is 10.6 Å². The number of rotatable bonds is 5. The molecule has 2 N–H and O–H groups in total. The molecule has 0 bridgehead atoms. The summed E-state index contributed by atoms with van der Waals surface area (Å²) in [4.78, 5) is 27.5. The third-order valence-corrected chi connectivity index (χ3v) is 3.24. The number of amides is 2. The molecule has 0 fully saturated rings. The summed E-state index contributed by atoms with van der Waals surface area (Å²) in [7, 11) is 0. The minimum atomic E-state index is -0.223. The van der Waals surface area contributed by atoms with Crippen LogP contribution in [0.5, 0.6) is 0 Å². The van der Waals surface area contributed by atoms with Gasteiger partial charge in [0.1, 0.15) is 0 Å². The van der Waals surface area contributed by atoms with Crippen molar-refractivity contribution in [2.45, 2.75) is 19.8 Å². The van der Waals surface area contributed by atoms with E-state index in [-0.39, 0.29) is 18.2 Å². The average molecular weight is 318 g/mol. The highest BCUT2D eigenvalue weighted by atomic mass is 35.5. The Morgan fingerprint density at radius 2 is 1.95 bits per heavy atom. The SMILES string of the molecule is CCC(=O)Nc1ccc(Cl)c(NC(=O)Cc2ccccn2)c1. The van der Waals surface area contributed by atoms with Gasteiger partial charge in [-0.05, 0) is 30.3 Å². The first kappa shape index (κ1) is 16.0. The zero-order valence-electron chi connectivity index (χ0n) is 12.1. The first-order valence-electron chi connectivity index (χ1n) is 6.87. The number of pyridine rings is 1. The Morgan fingerprint density at radius 1 is 1.14 bits per heavy atom. The van der Waals surface area contributed by atoms with Crippen LogP contribution in [0.2, 0.25) is 5.02 Å². The molecular weight excluding hydrogens is 302 g/mol. The summed E-state index contributed by atoms with van der Waals surface area (Å²) < 4.78 is 0. The summed E-state index contributed by atoms with van der Waals surface area (Å²) in [6.07, 6.45) is 2.17. The number of nitrogens with zero attached hydrogens (tertiary/aromatic N) is 1. The lowest BCUT2D eigenvalue weighted by Crippen LogP contribution is -2.16. The second kappa shape index (κ2) is 7.56. The molecule has 0 aliphatic rings. The van der Waals surface area contributed by atoms with E-state index in [0.717, 1.165) is 0 Å². The van der Waals surface area contributed by atoms with Gasteiger partial charge in [-0.25, -0.2) is 0 Å². The molecule has 0 atom stereocenters. The van der Waals surface area contributed by atoms with Crippen LogP contribution in [0.4, 0.5) is 11.4 Å². The molecule has 0 aliphatic carbocycles. The van der Waals surface area contributed by atoms with Crippen molar-refractivity contribution in [2.24, 2.45) is 0 Å². The third-order valence-electron chi connectivity index (χ3n) is 2.91. The highest BCUT2D eigenvalue weighted by Gasteiger charge is 2.09. The van der Waals surface area contributed by atoms with Crippen molar-refractivity contribution in [3.8, 4) is 0 Å². The highest BCUT2D eigenvalue weighted by molar-refractivity contribution is 6.33. The Bertz CT molecular complexity index is 674. The van der Waals surface area contributed by atoms with Gasteiger partial charge in [0.2, 0.25) is 11.8 Å². The fourth-order valence-corrected chi connectivity index (χ4v) is 1.97. The van der Waals surface area contributed by atoms with Gasteiger partial charge in [-0.3, -0.25) is 14.6 Å². The Morgan fingerprint density at radius 3 is 2.64 bits per heavy atom. The van der Waals surface area contributed by atoms with Crippen LogP contribution in [0.1, 0.15) is 19.0 Å². The van der Waals surface area contributed by atoms with E-state index >= 15 is 0 Å². The molecule has 0 aliphatic heterocycles. The van der Waals surface area contributed by atoms with E-state index in [1.165, 1.54) is 0 Å². The lowest BCUT2D eigenvalue weighted by Gasteiger charge is -2.10. The predicted molar refractivity (Wildman–Crippen MR) is 86.9 cm³/mol. The van der Waals surface area contributed by atoms with Crippen molar-refractivity contribution < 1.29 is 9.59 Å². The second-order valence-corrected chi connectivity index (χ2v) is 5.05. The number of halogens is 1. The maximum Gasteiger partial charge on any atom is 0.230 e. The normalized spacial score (nSPS) is 10.1. The van der Waals surface area contributed by atoms with Gasteiger partial charge >= 0.3 is 0 Å². The maximum atomic E-state index is 12.0. The van der Waals surface area contributed by atoms with Crippen molar-refractivity contribution in [1.29, 1.82) is 0 Å². The van der Waals surface area contributed by atoms with Gasteiger partial charge in [0, 0.05) is 24.0 Å². The van der Waals surface area contributed by atoms with Crippen molar-refractivity contribution in [1.82, 2.24) is 4.98 Å². The van der Waals surface area contributed by atoms with Gasteiger partial charge < -0.3 is 10.6 Å². The zero-order chi connectivity index (χ0) is 15.9. The highest BCUT2D eigenvalue weighted by Crippen LogP contribution is 2.25. The number of hydrogen-bond donors (Lipinski definition) is 2. The molecule has 2 aromatic rings. The first-order chi connectivity index (χ1) is 10.6. The van der Waals surface area contributed by atoms with Gasteiger partial charge in [0.25, 0.3) is 0 Å². The third kappa shape index (κ3) is 4.56. The van der Waals surface area contributed by atoms with E-state index in [4.69, 9.17) is 11.6 Å². The molecule has 6 heteroatoms. The minimum absolute atomic E-state index is 0.104. The summed E-state index contributed by atoms with van der Waals surface area (Å²) in [6.45, 7) is 1.76. The van der Waals surface area contributed by atoms with Gasteiger partial charge in [0.05, 0.1) is 17.1 Å². The smallest absolute Gasteiger partial charge is 0.230 e. The summed E-state index contributed by atoms with van der Waals surface area (Å²) >= 11 is 6.07. The van der Waals surface area contributed by atoms with Crippen LogP contribution >= 0.6 is 11.6 Å². The standard InChI is InChI=1S/C16H16ClN3O2/c1-2-15(21)19-12-6-7-13(17)14(9-12)20-16(22)10-11-5-3-4-8-18-11/h3-9H,2,10H2,1H3,(H,19,21)(H,20,22). The van der Waals surface area contributed by atoms with Crippen molar-refractivity contribution in [3.05, 3.63) is 53.3 Å². The van der Waals surface area contributed by atoms with Crippen molar-refractivity contribution >= 4 is 34.8 Å². The van der Waals surface area contributed by atoms with Crippen LogP contribution < -0.4 is 10.6 Å². The average Bonchev–Trinajstić information content (AvgIpc) is 2.51. The van der Waals surface area contributed by atoms with Crippen molar-refractivity contribution in [3.63, 3.8) is 0 Å². The van der Waals surface area contributed by atoms with Gasteiger partial charge in [-0.2, -0.15) is 0 Å². The number of benzene rings is 1. The monoisotopic (exact) mass is 317 g/mol. The van der Waals surface area contributed by atoms with Gasteiger partial charge in [-0.1, -0.05) is 24.6 Å². The van der Waals surface area contributed by atoms with E-state index in [9.17, 15) is 9.59 Å². The molecule has 1 aromatic carbocycles. The Hall–Kier alpha value is -2.40. The topological polar surface area (TPSA) is 71.1 Å². The van der Waals surface area contributed by atoms with E-state index in [2.05, 4.69) is 15.6 Å². The molecule has 2 rings (SSSR count). The number of nitrogens with one attached hydrogen (secondary N) is 2. The zero-order valence-corrected chi connectivity index (χ0v) is 12.9. The summed E-state index contributed by atoms with van der Waals surface area (Å²) in [6, 6.07) is 10.3. The molecule has 2 amide bonds. The molecule has 1 heterocycles. The van der Waals surface area contributed by atoms with Crippen LogP contribution in [0.3, 0.4) is 0 Å². The molecular formula is C16H16ClN3O2. The molecule has 5 nitrogen and oxygen atoms in total. The molecule has 22 heavy (non-hydrogen) atoms. The fraction of sp³-hybridized carbons (Fsp3) is 0.188. The fourth-order valence-electron chi connectivity index (χ4n) is 1.81. The van der Waals surface area contributed by atoms with Crippen LogP contribution in [-0.4, -0.2) is 16.8 Å². The van der Waals surface area contributed by atoms with E-state index in [0.29, 0.717) is 28.5 Å². The number of aromatic nitrogens is 1. The van der Waals surface area contributed by atoms with Crippen LogP contribution in [0.25, 0.3) is 0 Å². The molecule has 0 unspecified atom stereocenters. The lowest BCUT2D eigenvalue weighted by molar-refractivity contribution is -0.116.